The minimum Gasteiger partial charge on any atom is -0.379 e. The topological polar surface area (TPSA) is 38.5 Å². The van der Waals surface area contributed by atoms with E-state index in [4.69, 9.17) is 10.5 Å². The molecule has 0 aliphatic carbocycles. The summed E-state index contributed by atoms with van der Waals surface area (Å²) in [6, 6.07) is 0. The lowest BCUT2D eigenvalue weighted by molar-refractivity contribution is 0.00880. The predicted molar refractivity (Wildman–Crippen MR) is 59.3 cm³/mol. The van der Waals surface area contributed by atoms with Crippen LogP contribution in [0.15, 0.2) is 0 Å². The van der Waals surface area contributed by atoms with Crippen LogP contribution in [-0.2, 0) is 4.74 Å². The van der Waals surface area contributed by atoms with Gasteiger partial charge in [0.05, 0.1) is 5.60 Å². The molecular weight excluding hydrogens is 176 g/mol. The van der Waals surface area contributed by atoms with Gasteiger partial charge >= 0.3 is 0 Å². The molecule has 1 atom stereocenters. The van der Waals surface area contributed by atoms with Crippen molar-refractivity contribution in [3.05, 3.63) is 0 Å². The minimum absolute atomic E-state index is 0.0147. The molecule has 0 aromatic rings. The Morgan fingerprint density at radius 2 is 2.21 bits per heavy atom. The van der Waals surface area contributed by atoms with Crippen molar-refractivity contribution in [2.75, 3.05) is 33.3 Å². The van der Waals surface area contributed by atoms with Crippen molar-refractivity contribution in [3.8, 4) is 0 Å². The fourth-order valence-corrected chi connectivity index (χ4v) is 1.84. The van der Waals surface area contributed by atoms with Gasteiger partial charge in [0.25, 0.3) is 0 Å². The number of nitrogens with two attached hydrogens (primary N) is 1. The van der Waals surface area contributed by atoms with Crippen LogP contribution in [0.2, 0.25) is 0 Å². The first-order valence-corrected chi connectivity index (χ1v) is 5.55. The Balaban J connectivity index is 2.20. The Kier molecular flexibility index (Phi) is 4.35. The third-order valence-corrected chi connectivity index (χ3v) is 3.29. The Morgan fingerprint density at radius 1 is 1.50 bits per heavy atom. The molecule has 1 aliphatic heterocycles. The lowest BCUT2D eigenvalue weighted by Gasteiger charge is -2.26. The van der Waals surface area contributed by atoms with Crippen LogP contribution in [0, 0.1) is 5.92 Å². The maximum Gasteiger partial charge on any atom is 0.0634 e. The number of nitrogens with zero attached hydrogens (tertiary/aromatic N) is 1. The Bertz CT molecular complexity index is 171. The zero-order valence-electron chi connectivity index (χ0n) is 9.75. The highest BCUT2D eigenvalue weighted by atomic mass is 16.5. The molecular formula is C11H24N2O. The summed E-state index contributed by atoms with van der Waals surface area (Å²) in [6.45, 7) is 8.65. The Hall–Kier alpha value is -0.120. The highest BCUT2D eigenvalue weighted by molar-refractivity contribution is 4.78. The van der Waals surface area contributed by atoms with E-state index in [2.05, 4.69) is 18.7 Å². The average Bonchev–Trinajstić information content (AvgIpc) is 2.63. The standard InChI is InChI=1S/C11H24N2O/c1-11(2,14-3)5-7-13-6-4-10(8-12)9-13/h10H,4-9,12H2,1-3H3. The number of ether oxygens (including phenoxy) is 1. The van der Waals surface area contributed by atoms with Crippen molar-refractivity contribution < 1.29 is 4.74 Å². The van der Waals surface area contributed by atoms with Gasteiger partial charge in [-0.05, 0) is 45.7 Å². The summed E-state index contributed by atoms with van der Waals surface area (Å²) in [7, 11) is 1.78. The molecule has 3 heteroatoms. The van der Waals surface area contributed by atoms with E-state index in [1.807, 2.05) is 0 Å². The summed E-state index contributed by atoms with van der Waals surface area (Å²) in [6.07, 6.45) is 2.37. The largest absolute Gasteiger partial charge is 0.379 e. The Morgan fingerprint density at radius 3 is 2.71 bits per heavy atom. The molecule has 0 amide bonds. The lowest BCUT2D eigenvalue weighted by atomic mass is 10.1. The highest BCUT2D eigenvalue weighted by Gasteiger charge is 2.23. The third-order valence-electron chi connectivity index (χ3n) is 3.29. The second kappa shape index (κ2) is 5.10. The van der Waals surface area contributed by atoms with Crippen LogP contribution in [-0.4, -0.2) is 43.8 Å². The molecule has 0 aromatic carbocycles. The molecule has 0 radical (unpaired) electrons. The maximum absolute atomic E-state index is 5.65. The van der Waals surface area contributed by atoms with Crippen LogP contribution in [0.4, 0.5) is 0 Å². The van der Waals surface area contributed by atoms with Crippen LogP contribution >= 0.6 is 0 Å². The first kappa shape index (κ1) is 12.0. The molecule has 0 aromatic heterocycles. The van der Waals surface area contributed by atoms with E-state index >= 15 is 0 Å². The van der Waals surface area contributed by atoms with E-state index in [0.29, 0.717) is 0 Å². The van der Waals surface area contributed by atoms with E-state index in [0.717, 1.165) is 25.4 Å². The molecule has 1 saturated heterocycles. The fraction of sp³-hybridized carbons (Fsp3) is 1.00. The Labute approximate surface area is 87.6 Å². The van der Waals surface area contributed by atoms with Gasteiger partial charge < -0.3 is 15.4 Å². The zero-order valence-corrected chi connectivity index (χ0v) is 9.75. The van der Waals surface area contributed by atoms with Crippen molar-refractivity contribution in [1.29, 1.82) is 0 Å². The minimum atomic E-state index is 0.0147. The van der Waals surface area contributed by atoms with Crippen LogP contribution in [0.1, 0.15) is 26.7 Å². The van der Waals surface area contributed by atoms with Gasteiger partial charge in [-0.15, -0.1) is 0 Å². The number of methoxy groups -OCH3 is 1. The van der Waals surface area contributed by atoms with Crippen molar-refractivity contribution >= 4 is 0 Å². The SMILES string of the molecule is COC(C)(C)CCN1CCC(CN)C1. The number of likely N-dealkylation sites (tertiary alicyclic amines) is 1. The highest BCUT2D eigenvalue weighted by Crippen LogP contribution is 2.18. The van der Waals surface area contributed by atoms with Crippen molar-refractivity contribution in [1.82, 2.24) is 4.90 Å². The lowest BCUT2D eigenvalue weighted by Crippen LogP contribution is -2.31. The van der Waals surface area contributed by atoms with Gasteiger partial charge in [0, 0.05) is 20.2 Å². The molecule has 2 N–H and O–H groups in total. The summed E-state index contributed by atoms with van der Waals surface area (Å²) >= 11 is 0. The van der Waals surface area contributed by atoms with Crippen LogP contribution in [0.3, 0.4) is 0 Å². The first-order chi connectivity index (χ1) is 6.57. The predicted octanol–water partition coefficient (Wildman–Crippen LogP) is 1.08. The van der Waals surface area contributed by atoms with Gasteiger partial charge in [0.1, 0.15) is 0 Å². The molecule has 14 heavy (non-hydrogen) atoms. The molecule has 84 valence electrons. The molecule has 1 aliphatic rings. The molecule has 1 fully saturated rings. The van der Waals surface area contributed by atoms with E-state index in [1.54, 1.807) is 7.11 Å². The molecule has 1 heterocycles. The van der Waals surface area contributed by atoms with Crippen molar-refractivity contribution in [2.45, 2.75) is 32.3 Å². The summed E-state index contributed by atoms with van der Waals surface area (Å²) < 4.78 is 5.40. The monoisotopic (exact) mass is 200 g/mol. The summed E-state index contributed by atoms with van der Waals surface area (Å²) in [4.78, 5) is 2.50. The van der Waals surface area contributed by atoms with Crippen LogP contribution < -0.4 is 5.73 Å². The molecule has 0 spiro atoms. The first-order valence-electron chi connectivity index (χ1n) is 5.55. The van der Waals surface area contributed by atoms with Crippen LogP contribution in [0.5, 0.6) is 0 Å². The van der Waals surface area contributed by atoms with Gasteiger partial charge in [-0.3, -0.25) is 0 Å². The molecule has 1 rings (SSSR count). The molecule has 0 saturated carbocycles. The molecule has 1 unspecified atom stereocenters. The summed E-state index contributed by atoms with van der Waals surface area (Å²) in [5.74, 6) is 0.723. The van der Waals surface area contributed by atoms with E-state index in [-0.39, 0.29) is 5.60 Å². The second-order valence-corrected chi connectivity index (χ2v) is 4.90. The summed E-state index contributed by atoms with van der Waals surface area (Å²) in [5.41, 5.74) is 5.67. The van der Waals surface area contributed by atoms with Crippen molar-refractivity contribution in [3.63, 3.8) is 0 Å². The zero-order chi connectivity index (χ0) is 10.6. The molecule has 3 nitrogen and oxygen atoms in total. The smallest absolute Gasteiger partial charge is 0.0634 e. The van der Waals surface area contributed by atoms with E-state index in [9.17, 15) is 0 Å². The third kappa shape index (κ3) is 3.56. The number of hydrogen-bond donors (Lipinski definition) is 1. The number of hydrogen-bond acceptors (Lipinski definition) is 3. The van der Waals surface area contributed by atoms with Gasteiger partial charge in [-0.2, -0.15) is 0 Å². The molecule has 0 bridgehead atoms. The average molecular weight is 200 g/mol. The quantitative estimate of drug-likeness (QED) is 0.722. The normalized spacial score (nSPS) is 24.4. The second-order valence-electron chi connectivity index (χ2n) is 4.90. The van der Waals surface area contributed by atoms with Crippen molar-refractivity contribution in [2.24, 2.45) is 11.7 Å². The maximum atomic E-state index is 5.65. The van der Waals surface area contributed by atoms with E-state index < -0.39 is 0 Å². The van der Waals surface area contributed by atoms with Gasteiger partial charge in [-0.25, -0.2) is 0 Å². The van der Waals surface area contributed by atoms with Gasteiger partial charge in [-0.1, -0.05) is 0 Å². The summed E-state index contributed by atoms with van der Waals surface area (Å²) in [5, 5.41) is 0. The van der Waals surface area contributed by atoms with Crippen LogP contribution in [0.25, 0.3) is 0 Å². The van der Waals surface area contributed by atoms with E-state index in [1.165, 1.54) is 19.5 Å². The fourth-order valence-electron chi connectivity index (χ4n) is 1.84. The number of rotatable bonds is 5. The van der Waals surface area contributed by atoms with Gasteiger partial charge in [0.15, 0.2) is 0 Å². The van der Waals surface area contributed by atoms with Gasteiger partial charge in [0.2, 0.25) is 0 Å².